The fourth-order valence-corrected chi connectivity index (χ4v) is 4.98. The van der Waals surface area contributed by atoms with Gasteiger partial charge in [0.1, 0.15) is 11.6 Å². The van der Waals surface area contributed by atoms with Crippen LogP contribution in [-0.4, -0.2) is 16.7 Å². The van der Waals surface area contributed by atoms with Gasteiger partial charge in [-0.2, -0.15) is 0 Å². The third kappa shape index (κ3) is 3.93. The summed E-state index contributed by atoms with van der Waals surface area (Å²) < 4.78 is 13.7. The molecule has 0 aromatic heterocycles. The van der Waals surface area contributed by atoms with Crippen molar-refractivity contribution in [1.82, 2.24) is 0 Å². The Morgan fingerprint density at radius 2 is 1.70 bits per heavy atom. The minimum Gasteiger partial charge on any atom is -0.512 e. The Kier molecular flexibility index (Phi) is 5.51. The lowest BCUT2D eigenvalue weighted by Gasteiger charge is -2.38. The number of hydrogen-bond acceptors (Lipinski definition) is 3. The molecule has 1 aliphatic heterocycles. The number of amides is 1. The maximum Gasteiger partial charge on any atom is 0.224 e. The van der Waals surface area contributed by atoms with E-state index < -0.39 is 12.0 Å². The molecule has 33 heavy (non-hydrogen) atoms. The quantitative estimate of drug-likeness (QED) is 0.452. The summed E-state index contributed by atoms with van der Waals surface area (Å²) in [5.74, 6) is -1.02. The molecule has 3 aromatic carbocycles. The van der Waals surface area contributed by atoms with Crippen LogP contribution in [0.25, 0.3) is 0 Å². The van der Waals surface area contributed by atoms with Gasteiger partial charge in [0.25, 0.3) is 0 Å². The van der Waals surface area contributed by atoms with E-state index in [1.807, 2.05) is 54.6 Å². The maximum absolute atomic E-state index is 13.7. The molecule has 0 fully saturated rings. The zero-order chi connectivity index (χ0) is 23.1. The molecule has 1 N–H and O–H groups in total. The summed E-state index contributed by atoms with van der Waals surface area (Å²) in [7, 11) is 0. The number of aliphatic hydroxyl groups is 1. The van der Waals surface area contributed by atoms with E-state index in [1.54, 1.807) is 17.0 Å². The van der Waals surface area contributed by atoms with Crippen LogP contribution >= 0.6 is 11.6 Å². The molecule has 3 aromatic rings. The van der Waals surface area contributed by atoms with Crippen molar-refractivity contribution in [3.05, 3.63) is 107 Å². The molecule has 1 aliphatic carbocycles. The number of anilines is 1. The van der Waals surface area contributed by atoms with Crippen molar-refractivity contribution in [2.45, 2.75) is 25.3 Å². The van der Waals surface area contributed by atoms with Crippen LogP contribution in [0.3, 0.4) is 0 Å². The lowest BCUT2D eigenvalue weighted by molar-refractivity contribution is -0.117. The van der Waals surface area contributed by atoms with Gasteiger partial charge in [0.05, 0.1) is 23.3 Å². The van der Waals surface area contributed by atoms with E-state index in [-0.39, 0.29) is 23.4 Å². The summed E-state index contributed by atoms with van der Waals surface area (Å²) in [5, 5.41) is 12.0. The highest BCUT2D eigenvalue weighted by molar-refractivity contribution is 6.30. The third-order valence-corrected chi connectivity index (χ3v) is 6.58. The molecule has 1 heterocycles. The van der Waals surface area contributed by atoms with E-state index in [4.69, 9.17) is 16.6 Å². The predicted octanol–water partition coefficient (Wildman–Crippen LogP) is 6.91. The van der Waals surface area contributed by atoms with Crippen LogP contribution in [0.1, 0.15) is 36.4 Å². The molecule has 0 saturated carbocycles. The summed E-state index contributed by atoms with van der Waals surface area (Å²) in [6.07, 6.45) is 2.41. The summed E-state index contributed by atoms with van der Waals surface area (Å²) in [4.78, 5) is 19.6. The van der Waals surface area contributed by atoms with Gasteiger partial charge in [0, 0.05) is 23.6 Å². The van der Waals surface area contributed by atoms with Crippen LogP contribution in [-0.2, 0) is 4.79 Å². The number of aliphatic hydroxyl groups excluding tert-OH is 1. The van der Waals surface area contributed by atoms with Gasteiger partial charge in [-0.25, -0.2) is 4.39 Å². The van der Waals surface area contributed by atoms with Gasteiger partial charge in [-0.15, -0.1) is 0 Å². The Morgan fingerprint density at radius 1 is 1.03 bits per heavy atom. The Hall–Kier alpha value is -3.44. The minimum atomic E-state index is -0.562. The first kappa shape index (κ1) is 21.4. The predicted molar refractivity (Wildman–Crippen MR) is 129 cm³/mol. The van der Waals surface area contributed by atoms with Crippen molar-refractivity contribution >= 4 is 34.6 Å². The molecule has 0 radical (unpaired) electrons. The van der Waals surface area contributed by atoms with Crippen LogP contribution in [0.4, 0.5) is 15.8 Å². The van der Waals surface area contributed by atoms with E-state index >= 15 is 0 Å². The van der Waals surface area contributed by atoms with Crippen LogP contribution < -0.4 is 4.90 Å². The van der Waals surface area contributed by atoms with E-state index in [0.29, 0.717) is 22.8 Å². The highest BCUT2D eigenvalue weighted by Gasteiger charge is 2.43. The van der Waals surface area contributed by atoms with Crippen LogP contribution in [0, 0.1) is 11.7 Å². The number of nitrogens with zero attached hydrogens (tertiary/aromatic N) is 2. The first-order chi connectivity index (χ1) is 15.9. The van der Waals surface area contributed by atoms with Gasteiger partial charge in [-0.1, -0.05) is 48.0 Å². The minimum absolute atomic E-state index is 0.0813. The molecule has 1 amide bonds. The number of halogens is 2. The average Bonchev–Trinajstić information content (AvgIpc) is 2.94. The Morgan fingerprint density at radius 3 is 2.39 bits per heavy atom. The lowest BCUT2D eigenvalue weighted by Crippen LogP contribution is -2.41. The standard InChI is InChI=1S/C27H22ClFN2O2/c1-16(32)31-24-5-3-2-4-22(24)30-23-14-19(17-6-10-20(28)11-7-17)15-25(33)26(23)27(31)18-8-12-21(29)13-9-18/h2-13,15,19,26-27,33H,14H2,1H3/t19-,26-,27-/m0/s1. The average molecular weight is 461 g/mol. The highest BCUT2D eigenvalue weighted by Crippen LogP contribution is 2.48. The Bertz CT molecular complexity index is 1270. The number of aliphatic imine (C=N–C) groups is 1. The zero-order valence-corrected chi connectivity index (χ0v) is 18.7. The van der Waals surface area contributed by atoms with E-state index in [0.717, 1.165) is 16.8 Å². The molecule has 3 atom stereocenters. The smallest absolute Gasteiger partial charge is 0.224 e. The fourth-order valence-electron chi connectivity index (χ4n) is 4.86. The highest BCUT2D eigenvalue weighted by atomic mass is 35.5. The van der Waals surface area contributed by atoms with Crippen LogP contribution in [0.15, 0.2) is 89.6 Å². The molecule has 166 valence electrons. The van der Waals surface area contributed by atoms with E-state index in [1.165, 1.54) is 19.1 Å². The zero-order valence-electron chi connectivity index (χ0n) is 18.0. The van der Waals surface area contributed by atoms with E-state index in [2.05, 4.69) is 0 Å². The summed E-state index contributed by atoms with van der Waals surface area (Å²) in [6, 6.07) is 20.5. The van der Waals surface area contributed by atoms with Gasteiger partial charge in [-0.3, -0.25) is 9.79 Å². The van der Waals surface area contributed by atoms with E-state index in [9.17, 15) is 14.3 Å². The molecule has 6 heteroatoms. The fraction of sp³-hybridized carbons (Fsp3) is 0.185. The SMILES string of the molecule is CC(=O)N1c2ccccc2N=C2C[C@H](c3ccc(Cl)cc3)C=C(O)[C@H]2[C@@H]1c1ccc(F)cc1. The number of fused-ring (bicyclic) bond motifs is 2. The summed E-state index contributed by atoms with van der Waals surface area (Å²) in [6.45, 7) is 1.50. The van der Waals surface area contributed by atoms with Gasteiger partial charge < -0.3 is 10.0 Å². The van der Waals surface area contributed by atoms with Gasteiger partial charge in [0.15, 0.2) is 0 Å². The van der Waals surface area contributed by atoms with Crippen molar-refractivity contribution in [2.75, 3.05) is 4.90 Å². The van der Waals surface area contributed by atoms with Crippen molar-refractivity contribution in [3.8, 4) is 0 Å². The van der Waals surface area contributed by atoms with Crippen molar-refractivity contribution in [3.63, 3.8) is 0 Å². The normalized spacial score (nSPS) is 21.9. The first-order valence-electron chi connectivity index (χ1n) is 10.8. The Balaban J connectivity index is 1.70. The van der Waals surface area contributed by atoms with Crippen molar-refractivity contribution in [1.29, 1.82) is 0 Å². The topological polar surface area (TPSA) is 52.9 Å². The van der Waals surface area contributed by atoms with Gasteiger partial charge >= 0.3 is 0 Å². The second-order valence-electron chi connectivity index (χ2n) is 8.41. The largest absolute Gasteiger partial charge is 0.512 e. The first-order valence-corrected chi connectivity index (χ1v) is 11.2. The number of allylic oxidation sites excluding steroid dienone is 1. The van der Waals surface area contributed by atoms with Crippen LogP contribution in [0.5, 0.6) is 0 Å². The molecule has 4 nitrogen and oxygen atoms in total. The second-order valence-corrected chi connectivity index (χ2v) is 8.85. The molecule has 5 rings (SSSR count). The Labute approximate surface area is 196 Å². The molecule has 2 aliphatic rings. The second kappa shape index (κ2) is 8.49. The summed E-state index contributed by atoms with van der Waals surface area (Å²) in [5.41, 5.74) is 3.86. The molecule has 0 unspecified atom stereocenters. The molecular formula is C27H22ClFN2O2. The molecule has 0 spiro atoms. The van der Waals surface area contributed by atoms with Gasteiger partial charge in [-0.05, 0) is 60.0 Å². The van der Waals surface area contributed by atoms with Crippen LogP contribution in [0.2, 0.25) is 5.02 Å². The number of hydrogen-bond donors (Lipinski definition) is 1. The number of carbonyl (C=O) groups is 1. The molecule has 0 bridgehead atoms. The number of benzene rings is 3. The third-order valence-electron chi connectivity index (χ3n) is 6.33. The number of rotatable bonds is 2. The number of para-hydroxylation sites is 2. The van der Waals surface area contributed by atoms with Crippen molar-refractivity contribution < 1.29 is 14.3 Å². The maximum atomic E-state index is 13.7. The van der Waals surface area contributed by atoms with Crippen molar-refractivity contribution in [2.24, 2.45) is 10.9 Å². The summed E-state index contributed by atoms with van der Waals surface area (Å²) >= 11 is 6.06. The monoisotopic (exact) mass is 460 g/mol. The van der Waals surface area contributed by atoms with Gasteiger partial charge in [0.2, 0.25) is 5.91 Å². The lowest BCUT2D eigenvalue weighted by atomic mass is 9.76. The molecular weight excluding hydrogens is 439 g/mol. The number of carbonyl (C=O) groups excluding carboxylic acids is 1. The molecule has 0 saturated heterocycles.